The number of carbonyl (C=O) groups excluding carboxylic acids is 1. The van der Waals surface area contributed by atoms with E-state index in [0.29, 0.717) is 4.90 Å². The van der Waals surface area contributed by atoms with Gasteiger partial charge in [-0.25, -0.2) is 0 Å². The molecule has 0 aliphatic rings. The third-order valence-corrected chi connectivity index (χ3v) is 1.96. The van der Waals surface area contributed by atoms with Crippen molar-refractivity contribution < 1.29 is 26.7 Å². The molecule has 0 aromatic rings. The number of rotatable bonds is 4. The molecule has 0 aliphatic carbocycles. The summed E-state index contributed by atoms with van der Waals surface area (Å²) in [4.78, 5) is 11.2. The summed E-state index contributed by atoms with van der Waals surface area (Å²) in [6.07, 6.45) is -5.87. The first-order chi connectivity index (χ1) is 7.04. The van der Waals surface area contributed by atoms with E-state index in [2.05, 4.69) is 0 Å². The summed E-state index contributed by atoms with van der Waals surface area (Å²) in [5, 5.41) is 0. The fourth-order valence-electron chi connectivity index (χ4n) is 0.986. The van der Waals surface area contributed by atoms with Crippen LogP contribution in [0.1, 0.15) is 6.92 Å². The summed E-state index contributed by atoms with van der Waals surface area (Å²) >= 11 is 0. The normalized spacial score (nSPS) is 14.8. The number of nitrogens with two attached hydrogens (primary N) is 1. The Kier molecular flexibility index (Phi) is 4.66. The number of hydrogen-bond acceptors (Lipinski definition) is 2. The Balaban J connectivity index is 4.67. The van der Waals surface area contributed by atoms with Gasteiger partial charge in [-0.1, -0.05) is 6.92 Å². The van der Waals surface area contributed by atoms with Gasteiger partial charge in [0.15, 0.2) is 0 Å². The van der Waals surface area contributed by atoms with Crippen molar-refractivity contribution in [3.63, 3.8) is 0 Å². The van der Waals surface area contributed by atoms with E-state index < -0.39 is 18.0 Å². The maximum absolute atomic E-state index is 12.6. The summed E-state index contributed by atoms with van der Waals surface area (Å²) in [7, 11) is 0.883. The molecule has 0 aromatic carbocycles. The van der Waals surface area contributed by atoms with Gasteiger partial charge in [0, 0.05) is 13.6 Å². The second-order valence-corrected chi connectivity index (χ2v) is 3.60. The van der Waals surface area contributed by atoms with Crippen LogP contribution >= 0.6 is 0 Å². The number of nitrogens with zero attached hydrogens (tertiary/aromatic N) is 1. The molecule has 8 heteroatoms. The van der Waals surface area contributed by atoms with Gasteiger partial charge in [-0.05, 0) is 12.5 Å². The Bertz CT molecular complexity index is 253. The highest BCUT2D eigenvalue weighted by atomic mass is 19.4. The standard InChI is InChI=1S/C8H13F5N2O/c1-5(3-14)4-15(2)6(16)7(9,10)8(11,12)13/h5H,3-4,14H2,1-2H3. The zero-order valence-electron chi connectivity index (χ0n) is 8.81. The molecule has 1 amide bonds. The van der Waals surface area contributed by atoms with Crippen molar-refractivity contribution in [1.29, 1.82) is 0 Å². The fourth-order valence-corrected chi connectivity index (χ4v) is 0.986. The molecular weight excluding hydrogens is 235 g/mol. The minimum atomic E-state index is -5.87. The molecule has 1 atom stereocenters. The summed E-state index contributed by atoms with van der Waals surface area (Å²) in [5.74, 6) is -7.96. The number of alkyl halides is 5. The van der Waals surface area contributed by atoms with Crippen molar-refractivity contribution in [2.45, 2.75) is 19.0 Å². The second kappa shape index (κ2) is 4.94. The van der Waals surface area contributed by atoms with Crippen LogP contribution in [0, 0.1) is 5.92 Å². The van der Waals surface area contributed by atoms with Crippen LogP contribution in [0.15, 0.2) is 0 Å². The number of hydrogen-bond donors (Lipinski definition) is 1. The molecule has 2 N–H and O–H groups in total. The average Bonchev–Trinajstić information content (AvgIpc) is 2.14. The Labute approximate surface area is 89.4 Å². The van der Waals surface area contributed by atoms with Crippen LogP contribution in [0.5, 0.6) is 0 Å². The monoisotopic (exact) mass is 248 g/mol. The molecule has 0 aliphatic heterocycles. The minimum absolute atomic E-state index is 0.0925. The summed E-state index contributed by atoms with van der Waals surface area (Å²) in [6.45, 7) is 1.38. The van der Waals surface area contributed by atoms with Gasteiger partial charge in [-0.2, -0.15) is 22.0 Å². The maximum atomic E-state index is 12.6. The first-order valence-electron chi connectivity index (χ1n) is 4.44. The first kappa shape index (κ1) is 15.1. The third kappa shape index (κ3) is 3.29. The van der Waals surface area contributed by atoms with Gasteiger partial charge in [-0.3, -0.25) is 4.79 Å². The summed E-state index contributed by atoms with van der Waals surface area (Å²) in [5.41, 5.74) is 5.17. The van der Waals surface area contributed by atoms with Crippen LogP contribution in [0.4, 0.5) is 22.0 Å². The lowest BCUT2D eigenvalue weighted by Gasteiger charge is -2.26. The Morgan fingerprint density at radius 3 is 2.06 bits per heavy atom. The van der Waals surface area contributed by atoms with Crippen molar-refractivity contribution in [3.05, 3.63) is 0 Å². The van der Waals surface area contributed by atoms with Gasteiger partial charge in [-0.15, -0.1) is 0 Å². The zero-order valence-corrected chi connectivity index (χ0v) is 8.81. The molecule has 0 heterocycles. The predicted molar refractivity (Wildman–Crippen MR) is 46.9 cm³/mol. The van der Waals surface area contributed by atoms with E-state index in [4.69, 9.17) is 5.73 Å². The maximum Gasteiger partial charge on any atom is 0.463 e. The lowest BCUT2D eigenvalue weighted by molar-refractivity contribution is -0.274. The van der Waals surface area contributed by atoms with E-state index >= 15 is 0 Å². The van der Waals surface area contributed by atoms with Crippen molar-refractivity contribution in [2.75, 3.05) is 20.1 Å². The topological polar surface area (TPSA) is 46.3 Å². The number of amides is 1. The highest BCUT2D eigenvalue weighted by Gasteiger charge is 2.64. The van der Waals surface area contributed by atoms with Crippen molar-refractivity contribution in [3.8, 4) is 0 Å². The lowest BCUT2D eigenvalue weighted by atomic mass is 10.1. The molecule has 0 rings (SSSR count). The van der Waals surface area contributed by atoms with Gasteiger partial charge in [0.05, 0.1) is 0 Å². The quantitative estimate of drug-likeness (QED) is 0.761. The molecule has 0 bridgehead atoms. The molecule has 0 saturated carbocycles. The average molecular weight is 248 g/mol. The fraction of sp³-hybridized carbons (Fsp3) is 0.875. The van der Waals surface area contributed by atoms with Crippen molar-refractivity contribution in [2.24, 2.45) is 11.7 Å². The third-order valence-electron chi connectivity index (χ3n) is 1.96. The molecule has 0 saturated heterocycles. The van der Waals surface area contributed by atoms with Crippen LogP contribution in [0.3, 0.4) is 0 Å². The zero-order chi connectivity index (χ0) is 13.1. The van der Waals surface area contributed by atoms with E-state index in [0.717, 1.165) is 7.05 Å². The van der Waals surface area contributed by atoms with Crippen LogP contribution < -0.4 is 5.73 Å². The Hall–Kier alpha value is -0.920. The number of halogens is 5. The van der Waals surface area contributed by atoms with Crippen molar-refractivity contribution in [1.82, 2.24) is 4.90 Å². The van der Waals surface area contributed by atoms with Gasteiger partial charge in [0.1, 0.15) is 0 Å². The van der Waals surface area contributed by atoms with Crippen LogP contribution in [-0.2, 0) is 4.79 Å². The molecule has 16 heavy (non-hydrogen) atoms. The van der Waals surface area contributed by atoms with Crippen molar-refractivity contribution >= 4 is 5.91 Å². The van der Waals surface area contributed by atoms with E-state index in [1.165, 1.54) is 6.92 Å². The van der Waals surface area contributed by atoms with E-state index in [9.17, 15) is 26.7 Å². The molecule has 0 radical (unpaired) electrons. The van der Waals surface area contributed by atoms with E-state index in [-0.39, 0.29) is 19.0 Å². The van der Waals surface area contributed by atoms with Gasteiger partial charge >= 0.3 is 18.0 Å². The van der Waals surface area contributed by atoms with Gasteiger partial charge < -0.3 is 10.6 Å². The summed E-state index contributed by atoms with van der Waals surface area (Å²) in [6, 6.07) is 0. The highest BCUT2D eigenvalue weighted by Crippen LogP contribution is 2.36. The molecule has 0 aromatic heterocycles. The van der Waals surface area contributed by atoms with Gasteiger partial charge in [0.25, 0.3) is 0 Å². The predicted octanol–water partition coefficient (Wildman–Crippen LogP) is 1.24. The molecule has 3 nitrogen and oxygen atoms in total. The number of carbonyl (C=O) groups is 1. The second-order valence-electron chi connectivity index (χ2n) is 3.60. The molecule has 0 fully saturated rings. The molecule has 96 valence electrons. The van der Waals surface area contributed by atoms with Crippen LogP contribution in [-0.4, -0.2) is 43.0 Å². The van der Waals surface area contributed by atoms with E-state index in [1.807, 2.05) is 0 Å². The lowest BCUT2D eigenvalue weighted by Crippen LogP contribution is -2.52. The minimum Gasteiger partial charge on any atom is -0.340 e. The van der Waals surface area contributed by atoms with Crippen LogP contribution in [0.25, 0.3) is 0 Å². The van der Waals surface area contributed by atoms with Gasteiger partial charge in [0.2, 0.25) is 0 Å². The van der Waals surface area contributed by atoms with Crippen LogP contribution in [0.2, 0.25) is 0 Å². The summed E-state index contributed by atoms with van der Waals surface area (Å²) < 4.78 is 60.7. The Morgan fingerprint density at radius 1 is 1.31 bits per heavy atom. The molecular formula is C8H13F5N2O. The first-order valence-corrected chi connectivity index (χ1v) is 4.44. The highest BCUT2D eigenvalue weighted by molar-refractivity contribution is 5.84. The SMILES string of the molecule is CC(CN)CN(C)C(=O)C(F)(F)C(F)(F)F. The molecule has 0 spiro atoms. The molecule has 1 unspecified atom stereocenters. The Morgan fingerprint density at radius 2 is 1.75 bits per heavy atom. The largest absolute Gasteiger partial charge is 0.463 e. The smallest absolute Gasteiger partial charge is 0.340 e. The van der Waals surface area contributed by atoms with E-state index in [1.54, 1.807) is 0 Å².